The molecule has 494 valence electrons. The van der Waals surface area contributed by atoms with Crippen LogP contribution >= 0.6 is 0 Å². The highest BCUT2D eigenvalue weighted by Crippen LogP contribution is 2.24. The summed E-state index contributed by atoms with van der Waals surface area (Å²) in [6, 6.07) is 38.2. The molecule has 0 fully saturated rings. The van der Waals surface area contributed by atoms with Gasteiger partial charge in [0.2, 0.25) is 5.91 Å². The van der Waals surface area contributed by atoms with Gasteiger partial charge in [-0.3, -0.25) is 43.9 Å². The van der Waals surface area contributed by atoms with Crippen LogP contribution in [-0.2, 0) is 0 Å². The monoisotopic (exact) mass is 1300 g/mol. The largest absolute Gasteiger partial charge is 0.382 e. The Balaban J connectivity index is 0. The van der Waals surface area contributed by atoms with Crippen molar-refractivity contribution in [2.24, 2.45) is 5.73 Å². The van der Waals surface area contributed by atoms with Crippen molar-refractivity contribution in [2.75, 3.05) is 63.2 Å². The Morgan fingerprint density at radius 1 is 0.417 bits per heavy atom. The van der Waals surface area contributed by atoms with E-state index in [0.717, 1.165) is 22.4 Å². The number of primary amides is 1. The Kier molecular flexibility index (Phi) is 21.8. The van der Waals surface area contributed by atoms with Crippen LogP contribution in [-0.4, -0.2) is 113 Å². The molecule has 0 unspecified atom stereocenters. The molecule has 0 aliphatic heterocycles. The molecule has 3 aromatic carbocycles. The quantitative estimate of drug-likeness (QED) is 0.0489. The molecule has 0 atom stereocenters. The number of aromatic nitrogens is 14. The number of nitrogen functional groups attached to an aromatic ring is 4. The first-order chi connectivity index (χ1) is 46.5. The maximum absolute atomic E-state index is 12.6. The van der Waals surface area contributed by atoms with E-state index in [0.29, 0.717) is 56.8 Å². The van der Waals surface area contributed by atoms with Gasteiger partial charge in [0.1, 0.15) is 12.1 Å². The summed E-state index contributed by atoms with van der Waals surface area (Å²) in [7, 11) is 3.86. The second-order valence-corrected chi connectivity index (χ2v) is 19.9. The molecule has 0 spiro atoms. The SMILES string of the molecule is CN(C)c1cccc(NC(=O)c2nc(-c3cccnc3)cnc2N)c1.N#Cc1cccc(NC(=O)c2nc(-c3cccnc3)cnc2N)c1.NC(=O)c1cccc(NC(=O)c2nc(-c3cccnc3)cnc2N)c1.Nc1ncc(-c2cccnc2)nc1C(=O)Nc1ccncn1.[HH].[HH].[HH].[HH].[HH].[HH].[HH].[HH].[HH].[HH]. The van der Waals surface area contributed by atoms with Crippen molar-refractivity contribution in [1.29, 1.82) is 5.26 Å². The average molecular weight is 1300 g/mol. The Morgan fingerprint density at radius 2 is 0.792 bits per heavy atom. The fourth-order valence-electron chi connectivity index (χ4n) is 8.27. The lowest BCUT2D eigenvalue weighted by molar-refractivity contribution is 0.0993. The fourth-order valence-corrected chi connectivity index (χ4v) is 8.27. The Morgan fingerprint density at radius 3 is 1.15 bits per heavy atom. The smallest absolute Gasteiger partial charge is 0.279 e. The van der Waals surface area contributed by atoms with Gasteiger partial charge < -0.3 is 54.8 Å². The predicted octanol–water partition coefficient (Wildman–Crippen LogP) is 9.78. The third kappa shape index (κ3) is 17.9. The molecule has 96 heavy (non-hydrogen) atoms. The normalized spacial score (nSPS) is 10.2. The highest BCUT2D eigenvalue weighted by atomic mass is 16.2. The van der Waals surface area contributed by atoms with Crippen LogP contribution in [0.1, 0.15) is 72.1 Å². The highest BCUT2D eigenvalue weighted by Gasteiger charge is 2.20. The van der Waals surface area contributed by atoms with E-state index in [-0.39, 0.29) is 65.9 Å². The maximum Gasteiger partial charge on any atom is 0.279 e. The minimum atomic E-state index is -0.589. The number of nitrogens with two attached hydrogens (primary N) is 5. The van der Waals surface area contributed by atoms with E-state index in [4.69, 9.17) is 33.9 Å². The Labute approximate surface area is 561 Å². The summed E-state index contributed by atoms with van der Waals surface area (Å²) in [5.41, 5.74) is 36.6. The van der Waals surface area contributed by atoms with Gasteiger partial charge in [-0.05, 0) is 109 Å². The van der Waals surface area contributed by atoms with Crippen LogP contribution < -0.4 is 54.8 Å². The van der Waals surface area contributed by atoms with Crippen molar-refractivity contribution >= 4 is 81.4 Å². The van der Waals surface area contributed by atoms with Crippen LogP contribution in [0, 0.1) is 11.3 Å². The lowest BCUT2D eigenvalue weighted by atomic mass is 10.2. The van der Waals surface area contributed by atoms with Gasteiger partial charge in [-0.1, -0.05) is 18.2 Å². The Hall–Kier alpha value is -14.5. The fraction of sp³-hybridized carbons (Fsp3) is 0.0303. The number of carbonyl (C=O) groups is 5. The highest BCUT2D eigenvalue weighted by molar-refractivity contribution is 6.08. The van der Waals surface area contributed by atoms with Crippen LogP contribution in [0.4, 0.5) is 51.8 Å². The molecular weight excluding hydrogens is 1220 g/mol. The van der Waals surface area contributed by atoms with Gasteiger partial charge >= 0.3 is 0 Å². The van der Waals surface area contributed by atoms with Gasteiger partial charge in [0.05, 0.1) is 59.2 Å². The third-order valence-corrected chi connectivity index (χ3v) is 13.0. The van der Waals surface area contributed by atoms with Crippen molar-refractivity contribution < 1.29 is 38.2 Å². The van der Waals surface area contributed by atoms with E-state index < -0.39 is 29.5 Å². The molecule has 0 radical (unpaired) electrons. The van der Waals surface area contributed by atoms with Crippen LogP contribution in [0.5, 0.6) is 0 Å². The summed E-state index contributed by atoms with van der Waals surface area (Å²) in [5, 5.41) is 19.6. The maximum atomic E-state index is 12.6. The van der Waals surface area contributed by atoms with E-state index in [1.807, 2.05) is 61.5 Å². The second kappa shape index (κ2) is 31.8. The molecule has 12 rings (SSSR count). The van der Waals surface area contributed by atoms with Crippen molar-refractivity contribution in [2.45, 2.75) is 0 Å². The summed E-state index contributed by atoms with van der Waals surface area (Å²) in [5.74, 6) is -2.04. The zero-order valence-corrected chi connectivity index (χ0v) is 50.8. The third-order valence-electron chi connectivity index (χ3n) is 13.0. The first kappa shape index (κ1) is 65.9. The molecule has 0 saturated carbocycles. The number of nitrogens with zero attached hydrogens (tertiary/aromatic N) is 16. The molecule has 30 nitrogen and oxygen atoms in total. The number of nitrogens with one attached hydrogen (secondary N) is 4. The predicted molar refractivity (Wildman–Crippen MR) is 381 cm³/mol. The minimum Gasteiger partial charge on any atom is -0.382 e. The lowest BCUT2D eigenvalue weighted by Gasteiger charge is -2.14. The molecule has 14 N–H and O–H groups in total. The molecule has 0 bridgehead atoms. The molecule has 30 heteroatoms. The molecule has 9 heterocycles. The standard InChI is InChI=1S/C18H18N6O.C17H14N6O2.C17H12N6O.C14H11N7O.10H2/c1-24(2)14-7-3-6-13(9-14)22-18(25)16-17(19)21-11-15(23-16)12-5-4-8-20-10-12;18-15-14(23-13(9-21-15)11-4-2-6-20-8-11)17(25)22-12-5-1-3-10(7-12)16(19)24;18-8-11-3-1-5-13(7-11)22-17(24)15-16(19)21-10-14(23-15)12-4-2-6-20-9-12;15-13-12(14(22)21-11-3-5-17-8-19-11)20-10(7-18-13)9-2-1-4-16-6-9;;;;;;;;;;/h3-11H,1-2H3,(H2,19,21)(H,22,25);1-9H,(H2,18,21)(H2,19,24)(H,22,25);1-7,9-10H,(H2,19,21)(H,22,24);1-8H,(H2,15,18)(H,17,19,21,22);10*1H. The first-order valence-corrected chi connectivity index (χ1v) is 28.3. The number of anilines is 9. The molecule has 12 aromatic rings. The summed E-state index contributed by atoms with van der Waals surface area (Å²) in [6.07, 6.45) is 21.9. The van der Waals surface area contributed by atoms with Crippen molar-refractivity contribution in [3.63, 3.8) is 0 Å². The number of rotatable bonds is 14. The molecule has 5 amide bonds. The van der Waals surface area contributed by atoms with E-state index in [1.165, 1.54) is 43.4 Å². The van der Waals surface area contributed by atoms with Crippen molar-refractivity contribution in [3.8, 4) is 51.1 Å². The van der Waals surface area contributed by atoms with Crippen molar-refractivity contribution in [1.82, 2.24) is 69.8 Å². The zero-order chi connectivity index (χ0) is 67.9. The van der Waals surface area contributed by atoms with Crippen LogP contribution in [0.15, 0.2) is 214 Å². The number of hydrogen-bond donors (Lipinski definition) is 9. The van der Waals surface area contributed by atoms with Gasteiger partial charge in [-0.15, -0.1) is 0 Å². The van der Waals surface area contributed by atoms with Crippen LogP contribution in [0.2, 0.25) is 0 Å². The zero-order valence-electron chi connectivity index (χ0n) is 50.8. The average Bonchev–Trinajstić information content (AvgIpc) is 0.844. The molecule has 0 aliphatic carbocycles. The molecule has 0 aliphatic rings. The number of amides is 5. The van der Waals surface area contributed by atoms with E-state index in [1.54, 1.807) is 135 Å². The molecule has 0 saturated heterocycles. The van der Waals surface area contributed by atoms with Gasteiger partial charge in [0.15, 0.2) is 46.0 Å². The second-order valence-electron chi connectivity index (χ2n) is 19.9. The topological polar surface area (TPSA) is 471 Å². The van der Waals surface area contributed by atoms with Crippen LogP contribution in [0.25, 0.3) is 45.0 Å². The number of carbonyl (C=O) groups excluding carboxylic acids is 5. The summed E-state index contributed by atoms with van der Waals surface area (Å²) < 4.78 is 0. The van der Waals surface area contributed by atoms with Gasteiger partial charge in [0.25, 0.3) is 23.6 Å². The van der Waals surface area contributed by atoms with Gasteiger partial charge in [-0.2, -0.15) is 5.26 Å². The van der Waals surface area contributed by atoms with E-state index in [9.17, 15) is 24.0 Å². The first-order valence-electron chi connectivity index (χ1n) is 28.3. The van der Waals surface area contributed by atoms with Gasteiger partial charge in [0, 0.05) is 135 Å². The van der Waals surface area contributed by atoms with Crippen molar-refractivity contribution in [3.05, 3.63) is 248 Å². The minimum absolute atomic E-state index is 0. The lowest BCUT2D eigenvalue weighted by Crippen LogP contribution is -2.18. The number of nitriles is 1. The molecular formula is C66H75N25O5. The number of pyridine rings is 4. The summed E-state index contributed by atoms with van der Waals surface area (Å²) in [6.45, 7) is 0. The van der Waals surface area contributed by atoms with Gasteiger partial charge in [-0.25, -0.2) is 49.8 Å². The molecule has 9 aromatic heterocycles. The Bertz CT molecular complexity index is 4820. The summed E-state index contributed by atoms with van der Waals surface area (Å²) in [4.78, 5) is 120. The summed E-state index contributed by atoms with van der Waals surface area (Å²) >= 11 is 0. The van der Waals surface area contributed by atoms with Crippen LogP contribution in [0.3, 0.4) is 0 Å². The van der Waals surface area contributed by atoms with E-state index in [2.05, 4.69) is 91.0 Å². The van der Waals surface area contributed by atoms with E-state index >= 15 is 0 Å². The number of hydrogen-bond acceptors (Lipinski definition) is 25. The number of benzene rings is 3.